The van der Waals surface area contributed by atoms with Crippen LogP contribution in [0.15, 0.2) is 21.9 Å². The Hall–Kier alpha value is -1.20. The number of ether oxygens (including phenoxy) is 1. The number of sulfonamides is 2. The Kier molecular flexibility index (Phi) is 3.98. The summed E-state index contributed by atoms with van der Waals surface area (Å²) in [4.78, 5) is -1.11. The first-order chi connectivity index (χ1) is 8.11. The fourth-order valence-electron chi connectivity index (χ4n) is 1.35. The molecule has 0 unspecified atom stereocenters. The molecule has 0 spiro atoms. The highest BCUT2D eigenvalue weighted by molar-refractivity contribution is 7.90. The van der Waals surface area contributed by atoms with Crippen LogP contribution >= 0.6 is 0 Å². The molecular weight excluding hydrogens is 284 g/mol. The van der Waals surface area contributed by atoms with E-state index in [1.807, 2.05) is 0 Å². The van der Waals surface area contributed by atoms with Gasteiger partial charge in [0.1, 0.15) is 9.79 Å². The molecule has 1 aromatic carbocycles. The third-order valence-electron chi connectivity index (χ3n) is 2.08. The summed E-state index contributed by atoms with van der Waals surface area (Å²) in [6.07, 6.45) is 0. The molecule has 5 N–H and O–H groups in total. The van der Waals surface area contributed by atoms with Crippen LogP contribution in [0.25, 0.3) is 0 Å². The monoisotopic (exact) mass is 296 g/mol. The zero-order valence-corrected chi connectivity index (χ0v) is 11.0. The van der Waals surface area contributed by atoms with Crippen LogP contribution in [0, 0.1) is 0 Å². The molecule has 0 heterocycles. The van der Waals surface area contributed by atoms with Crippen molar-refractivity contribution in [3.05, 3.63) is 17.7 Å². The van der Waals surface area contributed by atoms with Crippen LogP contribution in [0.2, 0.25) is 0 Å². The maximum Gasteiger partial charge on any atom is 0.241 e. The van der Waals surface area contributed by atoms with Gasteiger partial charge in [-0.1, -0.05) is 0 Å². The Balaban J connectivity index is 3.84. The van der Waals surface area contributed by atoms with Crippen molar-refractivity contribution in [2.45, 2.75) is 16.4 Å². The van der Waals surface area contributed by atoms with Crippen LogP contribution < -0.4 is 15.0 Å². The Morgan fingerprint density at radius 1 is 1.11 bits per heavy atom. The molecule has 1 rings (SSSR count). The summed E-state index contributed by atoms with van der Waals surface area (Å²) in [5.41, 5.74) is 0.0313. The normalized spacial score (nSPS) is 12.4. The van der Waals surface area contributed by atoms with E-state index in [0.717, 1.165) is 19.2 Å². The Bertz CT molecular complexity index is 612. The summed E-state index contributed by atoms with van der Waals surface area (Å²) < 4.78 is 50.1. The van der Waals surface area contributed by atoms with Gasteiger partial charge in [0, 0.05) is 0 Å². The topological polar surface area (TPSA) is 150 Å². The molecule has 0 saturated carbocycles. The minimum absolute atomic E-state index is 0.0313. The lowest BCUT2D eigenvalue weighted by Gasteiger charge is -2.12. The zero-order chi connectivity index (χ0) is 14.1. The fourth-order valence-corrected chi connectivity index (χ4v) is 2.95. The van der Waals surface area contributed by atoms with Gasteiger partial charge in [0.2, 0.25) is 20.0 Å². The van der Waals surface area contributed by atoms with Gasteiger partial charge >= 0.3 is 0 Å². The van der Waals surface area contributed by atoms with E-state index in [0.29, 0.717) is 0 Å². The highest BCUT2D eigenvalue weighted by Crippen LogP contribution is 2.31. The van der Waals surface area contributed by atoms with Crippen LogP contribution in [0.5, 0.6) is 5.75 Å². The predicted molar refractivity (Wildman–Crippen MR) is 61.7 cm³/mol. The molecule has 0 atom stereocenters. The van der Waals surface area contributed by atoms with Crippen LogP contribution in [0.1, 0.15) is 5.56 Å². The molecule has 8 nitrogen and oxygen atoms in total. The first-order valence-corrected chi connectivity index (χ1v) is 7.58. The van der Waals surface area contributed by atoms with Crippen molar-refractivity contribution < 1.29 is 26.7 Å². The van der Waals surface area contributed by atoms with Gasteiger partial charge in [0.15, 0.2) is 5.75 Å². The molecule has 1 aromatic rings. The number of benzene rings is 1. The Labute approximate surface area is 104 Å². The van der Waals surface area contributed by atoms with Crippen molar-refractivity contribution in [1.82, 2.24) is 0 Å². The average Bonchev–Trinajstić information content (AvgIpc) is 2.24. The van der Waals surface area contributed by atoms with E-state index >= 15 is 0 Å². The second-order valence-electron chi connectivity index (χ2n) is 3.37. The van der Waals surface area contributed by atoms with E-state index < -0.39 is 42.2 Å². The third kappa shape index (κ3) is 2.97. The molecule has 102 valence electrons. The molecular formula is C8H12N2O6S2. The molecule has 0 bridgehead atoms. The van der Waals surface area contributed by atoms with Crippen molar-refractivity contribution in [3.8, 4) is 5.75 Å². The van der Waals surface area contributed by atoms with Crippen molar-refractivity contribution in [1.29, 1.82) is 0 Å². The molecule has 0 amide bonds. The van der Waals surface area contributed by atoms with Crippen LogP contribution in [0.3, 0.4) is 0 Å². The Morgan fingerprint density at radius 2 is 1.50 bits per heavy atom. The summed E-state index contributed by atoms with van der Waals surface area (Å²) in [7, 11) is -7.35. The maximum atomic E-state index is 11.3. The van der Waals surface area contributed by atoms with Crippen LogP contribution in [0.4, 0.5) is 0 Å². The summed E-state index contributed by atoms with van der Waals surface area (Å²) >= 11 is 0. The SMILES string of the molecule is COc1c(S(N)(=O)=O)cc(CO)cc1S(N)(=O)=O. The van der Waals surface area contributed by atoms with E-state index in [9.17, 15) is 16.8 Å². The van der Waals surface area contributed by atoms with E-state index in [2.05, 4.69) is 0 Å². The molecule has 0 aliphatic heterocycles. The zero-order valence-electron chi connectivity index (χ0n) is 9.32. The van der Waals surface area contributed by atoms with Gasteiger partial charge in [-0.05, 0) is 17.7 Å². The largest absolute Gasteiger partial charge is 0.494 e. The van der Waals surface area contributed by atoms with Gasteiger partial charge in [0.05, 0.1) is 13.7 Å². The average molecular weight is 296 g/mol. The molecule has 0 saturated heterocycles. The number of aliphatic hydroxyl groups excluding tert-OH is 1. The van der Waals surface area contributed by atoms with Gasteiger partial charge in [-0.2, -0.15) is 0 Å². The molecule has 0 aliphatic rings. The Morgan fingerprint density at radius 3 is 1.72 bits per heavy atom. The standard InChI is InChI=1S/C8H12N2O6S2/c1-16-8-6(17(9,12)13)2-5(4-11)3-7(8)18(10,14)15/h2-3,11H,4H2,1H3,(H2,9,12,13)(H2,10,14,15). The first kappa shape index (κ1) is 14.9. The summed E-state index contributed by atoms with van der Waals surface area (Å²) in [5, 5.41) is 18.9. The lowest BCUT2D eigenvalue weighted by Crippen LogP contribution is -2.19. The molecule has 18 heavy (non-hydrogen) atoms. The second-order valence-corrected chi connectivity index (χ2v) is 6.43. The second kappa shape index (κ2) is 4.82. The molecule has 0 aromatic heterocycles. The lowest BCUT2D eigenvalue weighted by atomic mass is 10.2. The molecule has 0 radical (unpaired) electrons. The molecule has 0 aliphatic carbocycles. The minimum Gasteiger partial charge on any atom is -0.494 e. The van der Waals surface area contributed by atoms with Crippen LogP contribution in [-0.2, 0) is 26.7 Å². The van der Waals surface area contributed by atoms with Gasteiger partial charge in [-0.15, -0.1) is 0 Å². The molecule has 10 heteroatoms. The molecule has 0 fully saturated rings. The van der Waals surface area contributed by atoms with E-state index in [-0.39, 0.29) is 5.56 Å². The van der Waals surface area contributed by atoms with E-state index in [1.54, 1.807) is 0 Å². The number of hydrogen-bond donors (Lipinski definition) is 3. The number of nitrogens with two attached hydrogens (primary N) is 2. The maximum absolute atomic E-state index is 11.3. The first-order valence-electron chi connectivity index (χ1n) is 4.48. The lowest BCUT2D eigenvalue weighted by molar-refractivity contribution is 0.280. The fraction of sp³-hybridized carbons (Fsp3) is 0.250. The smallest absolute Gasteiger partial charge is 0.241 e. The van der Waals surface area contributed by atoms with Gasteiger partial charge < -0.3 is 9.84 Å². The predicted octanol–water partition coefficient (Wildman–Crippen LogP) is -1.52. The van der Waals surface area contributed by atoms with Gasteiger partial charge in [-0.3, -0.25) is 0 Å². The van der Waals surface area contributed by atoms with E-state index in [4.69, 9.17) is 20.1 Å². The third-order valence-corrected chi connectivity index (χ3v) is 3.91. The summed E-state index contributed by atoms with van der Waals surface area (Å²) in [6.45, 7) is -0.574. The van der Waals surface area contributed by atoms with Crippen molar-refractivity contribution >= 4 is 20.0 Å². The highest BCUT2D eigenvalue weighted by Gasteiger charge is 2.25. The van der Waals surface area contributed by atoms with Gasteiger partial charge in [0.25, 0.3) is 0 Å². The number of rotatable bonds is 4. The highest BCUT2D eigenvalue weighted by atomic mass is 32.2. The summed E-state index contributed by atoms with van der Waals surface area (Å²) in [5.74, 6) is -0.475. The van der Waals surface area contributed by atoms with E-state index in [1.165, 1.54) is 0 Å². The number of hydrogen-bond acceptors (Lipinski definition) is 6. The summed E-state index contributed by atoms with van der Waals surface area (Å²) in [6, 6.07) is 2.03. The van der Waals surface area contributed by atoms with Crippen LogP contribution in [-0.4, -0.2) is 29.1 Å². The number of primary sulfonamides is 2. The number of aliphatic hydroxyl groups is 1. The van der Waals surface area contributed by atoms with Crippen molar-refractivity contribution in [2.75, 3.05) is 7.11 Å². The minimum atomic E-state index is -4.22. The number of methoxy groups -OCH3 is 1. The quantitative estimate of drug-likeness (QED) is 0.614. The van der Waals surface area contributed by atoms with Gasteiger partial charge in [-0.25, -0.2) is 27.1 Å². The van der Waals surface area contributed by atoms with Crippen molar-refractivity contribution in [3.63, 3.8) is 0 Å². The van der Waals surface area contributed by atoms with Crippen molar-refractivity contribution in [2.24, 2.45) is 10.3 Å².